The fourth-order valence-corrected chi connectivity index (χ4v) is 4.30. The van der Waals surface area contributed by atoms with Gasteiger partial charge in [0.05, 0.1) is 13.2 Å². The van der Waals surface area contributed by atoms with Gasteiger partial charge in [0.2, 0.25) is 5.91 Å². The van der Waals surface area contributed by atoms with E-state index in [2.05, 4.69) is 17.4 Å². The quantitative estimate of drug-likeness (QED) is 0.262. The Kier molecular flexibility index (Phi) is 6.80. The molecular weight excluding hydrogens is 448 g/mol. The highest BCUT2D eigenvalue weighted by Crippen LogP contribution is 2.33. The molecule has 0 aliphatic rings. The van der Waals surface area contributed by atoms with Crippen LogP contribution in [0.3, 0.4) is 0 Å². The number of fused-ring (bicyclic) bond motifs is 1. The maximum absolute atomic E-state index is 12.8. The lowest BCUT2D eigenvalue weighted by Crippen LogP contribution is -2.26. The Morgan fingerprint density at radius 1 is 0.889 bits per heavy atom. The zero-order chi connectivity index (χ0) is 24.9. The summed E-state index contributed by atoms with van der Waals surface area (Å²) in [6.07, 6.45) is 0.709. The Labute approximate surface area is 210 Å². The van der Waals surface area contributed by atoms with Crippen LogP contribution in [0.4, 0.5) is 0 Å². The van der Waals surface area contributed by atoms with E-state index in [1.165, 1.54) is 0 Å². The number of rotatable bonds is 8. The van der Waals surface area contributed by atoms with E-state index in [1.807, 2.05) is 91.9 Å². The molecule has 0 saturated carbocycles. The molecule has 0 aliphatic carbocycles. The van der Waals surface area contributed by atoms with E-state index in [4.69, 9.17) is 14.1 Å². The summed E-state index contributed by atoms with van der Waals surface area (Å²) in [7, 11) is 1.66. The summed E-state index contributed by atoms with van der Waals surface area (Å²) in [5.41, 5.74) is 3.79. The summed E-state index contributed by atoms with van der Waals surface area (Å²) in [4.78, 5) is 17.5. The average Bonchev–Trinajstić information content (AvgIpc) is 3.36. The average molecular weight is 477 g/mol. The minimum atomic E-state index is -0.117. The lowest BCUT2D eigenvalue weighted by Gasteiger charge is -2.15. The van der Waals surface area contributed by atoms with Crippen LogP contribution in [0.25, 0.3) is 33.4 Å². The smallest absolute Gasteiger partial charge is 0.220 e. The first kappa shape index (κ1) is 23.4. The maximum atomic E-state index is 12.8. The molecule has 5 heteroatoms. The number of amides is 1. The molecule has 1 amide bonds. The van der Waals surface area contributed by atoms with Crippen molar-refractivity contribution in [1.29, 1.82) is 0 Å². The van der Waals surface area contributed by atoms with Gasteiger partial charge in [-0.1, -0.05) is 78.9 Å². The Hall–Kier alpha value is -4.38. The van der Waals surface area contributed by atoms with Crippen molar-refractivity contribution in [3.05, 3.63) is 109 Å². The number of nitrogens with one attached hydrogen (secondary N) is 1. The number of aromatic nitrogens is 1. The van der Waals surface area contributed by atoms with Gasteiger partial charge in [0.25, 0.3) is 0 Å². The Morgan fingerprint density at radius 3 is 2.28 bits per heavy atom. The van der Waals surface area contributed by atoms with Crippen LogP contribution in [0.1, 0.15) is 30.8 Å². The van der Waals surface area contributed by atoms with Crippen LogP contribution in [0.15, 0.2) is 101 Å². The minimum Gasteiger partial charge on any atom is -0.497 e. The molecule has 1 aromatic heterocycles. The second kappa shape index (κ2) is 10.5. The standard InChI is InChI=1S/C31H28N2O3/c1-21(24-13-14-26-20-27(35-2)16-15-25(26)19-24)32-28(34)17-18-29-33-30(22-9-5-3-6-10-22)31(36-29)23-11-7-4-8-12-23/h3-16,19-21H,17-18H2,1-2H3,(H,32,34)/t21-/m0/s1. The third-order valence-corrected chi connectivity index (χ3v) is 6.27. The normalized spacial score (nSPS) is 11.8. The first-order chi connectivity index (χ1) is 17.6. The first-order valence-corrected chi connectivity index (χ1v) is 12.1. The molecule has 0 unspecified atom stereocenters. The van der Waals surface area contributed by atoms with Crippen LogP contribution in [0.5, 0.6) is 5.75 Å². The molecular formula is C31H28N2O3. The van der Waals surface area contributed by atoms with Crippen LogP contribution >= 0.6 is 0 Å². The topological polar surface area (TPSA) is 64.4 Å². The van der Waals surface area contributed by atoms with Crippen LogP contribution in [0.2, 0.25) is 0 Å². The number of carbonyl (C=O) groups excluding carboxylic acids is 1. The molecule has 0 aliphatic heterocycles. The maximum Gasteiger partial charge on any atom is 0.220 e. The first-order valence-electron chi connectivity index (χ1n) is 12.1. The zero-order valence-electron chi connectivity index (χ0n) is 20.4. The van der Waals surface area contributed by atoms with E-state index in [0.29, 0.717) is 12.3 Å². The zero-order valence-corrected chi connectivity index (χ0v) is 20.4. The third-order valence-electron chi connectivity index (χ3n) is 6.27. The van der Waals surface area contributed by atoms with Crippen molar-refractivity contribution in [3.63, 3.8) is 0 Å². The molecule has 0 radical (unpaired) electrons. The molecule has 0 saturated heterocycles. The third kappa shape index (κ3) is 5.15. The number of aryl methyl sites for hydroxylation is 1. The van der Waals surface area contributed by atoms with E-state index in [0.717, 1.165) is 44.7 Å². The largest absolute Gasteiger partial charge is 0.497 e. The lowest BCUT2D eigenvalue weighted by atomic mass is 10.0. The number of carbonyl (C=O) groups is 1. The molecule has 4 aromatic carbocycles. The van der Waals surface area contributed by atoms with E-state index in [-0.39, 0.29) is 18.4 Å². The van der Waals surface area contributed by atoms with Gasteiger partial charge in [-0.15, -0.1) is 0 Å². The van der Waals surface area contributed by atoms with Crippen LogP contribution in [0, 0.1) is 0 Å². The summed E-state index contributed by atoms with van der Waals surface area (Å²) in [5, 5.41) is 5.31. The van der Waals surface area contributed by atoms with Crippen molar-refractivity contribution < 1.29 is 13.9 Å². The predicted molar refractivity (Wildman–Crippen MR) is 143 cm³/mol. The fourth-order valence-electron chi connectivity index (χ4n) is 4.30. The van der Waals surface area contributed by atoms with E-state index < -0.39 is 0 Å². The van der Waals surface area contributed by atoms with Crippen molar-refractivity contribution in [3.8, 4) is 28.3 Å². The molecule has 1 N–H and O–H groups in total. The van der Waals surface area contributed by atoms with Gasteiger partial charge in [-0.3, -0.25) is 4.79 Å². The Bertz CT molecular complexity index is 1420. The highest BCUT2D eigenvalue weighted by molar-refractivity contribution is 5.85. The number of nitrogens with zero attached hydrogens (tertiary/aromatic N) is 1. The molecule has 0 spiro atoms. The number of oxazole rings is 1. The van der Waals surface area contributed by atoms with Gasteiger partial charge in [-0.2, -0.15) is 0 Å². The second-order valence-electron chi connectivity index (χ2n) is 8.78. The van der Waals surface area contributed by atoms with Crippen LogP contribution in [-0.2, 0) is 11.2 Å². The molecule has 1 heterocycles. The second-order valence-corrected chi connectivity index (χ2v) is 8.78. The van der Waals surface area contributed by atoms with Gasteiger partial charge in [-0.05, 0) is 41.5 Å². The van der Waals surface area contributed by atoms with E-state index in [9.17, 15) is 4.79 Å². The molecule has 5 rings (SSSR count). The van der Waals surface area contributed by atoms with Gasteiger partial charge in [0.15, 0.2) is 11.7 Å². The summed E-state index contributed by atoms with van der Waals surface area (Å²) in [6, 6.07) is 32.0. The van der Waals surface area contributed by atoms with Crippen molar-refractivity contribution >= 4 is 16.7 Å². The minimum absolute atomic E-state index is 0.0435. The fraction of sp³-hybridized carbons (Fsp3) is 0.161. The van der Waals surface area contributed by atoms with Gasteiger partial charge in [-0.25, -0.2) is 4.98 Å². The van der Waals surface area contributed by atoms with Gasteiger partial charge in [0.1, 0.15) is 11.4 Å². The van der Waals surface area contributed by atoms with Gasteiger partial charge < -0.3 is 14.5 Å². The van der Waals surface area contributed by atoms with Crippen molar-refractivity contribution in [2.75, 3.05) is 7.11 Å². The Balaban J connectivity index is 1.28. The van der Waals surface area contributed by atoms with Crippen molar-refractivity contribution in [2.45, 2.75) is 25.8 Å². The number of hydrogen-bond acceptors (Lipinski definition) is 4. The molecule has 36 heavy (non-hydrogen) atoms. The van der Waals surface area contributed by atoms with Crippen LogP contribution in [-0.4, -0.2) is 18.0 Å². The summed E-state index contributed by atoms with van der Waals surface area (Å²) < 4.78 is 11.5. The summed E-state index contributed by atoms with van der Waals surface area (Å²) >= 11 is 0. The predicted octanol–water partition coefficient (Wildman–Crippen LogP) is 6.98. The molecule has 180 valence electrons. The summed E-state index contributed by atoms with van der Waals surface area (Å²) in [6.45, 7) is 1.99. The molecule has 1 atom stereocenters. The van der Waals surface area contributed by atoms with Gasteiger partial charge in [0, 0.05) is 24.0 Å². The number of hydrogen-bond donors (Lipinski definition) is 1. The monoisotopic (exact) mass is 476 g/mol. The number of methoxy groups -OCH3 is 1. The molecule has 5 aromatic rings. The number of ether oxygens (including phenoxy) is 1. The van der Waals surface area contributed by atoms with Crippen LogP contribution < -0.4 is 10.1 Å². The SMILES string of the molecule is COc1ccc2cc([C@H](C)NC(=O)CCc3nc(-c4ccccc4)c(-c4ccccc4)o3)ccc2c1. The molecule has 0 bridgehead atoms. The summed E-state index contributed by atoms with van der Waals surface area (Å²) in [5.74, 6) is 2.06. The van der Waals surface area contributed by atoms with E-state index >= 15 is 0 Å². The van der Waals surface area contributed by atoms with E-state index in [1.54, 1.807) is 7.11 Å². The number of benzene rings is 4. The van der Waals surface area contributed by atoms with Gasteiger partial charge >= 0.3 is 0 Å². The lowest BCUT2D eigenvalue weighted by molar-refractivity contribution is -0.121. The molecule has 5 nitrogen and oxygen atoms in total. The molecule has 0 fully saturated rings. The van der Waals surface area contributed by atoms with Crippen molar-refractivity contribution in [2.24, 2.45) is 0 Å². The van der Waals surface area contributed by atoms with Crippen molar-refractivity contribution in [1.82, 2.24) is 10.3 Å². The Morgan fingerprint density at radius 2 is 1.56 bits per heavy atom. The highest BCUT2D eigenvalue weighted by atomic mass is 16.5. The highest BCUT2D eigenvalue weighted by Gasteiger charge is 2.18.